The molecule has 17 nitrogen and oxygen atoms in total. The number of phosphoric ester groups is 2. The molecule has 0 saturated carbocycles. The predicted octanol–water partition coefficient (Wildman–Crippen LogP) is 20.1. The van der Waals surface area contributed by atoms with Crippen LogP contribution in [-0.4, -0.2) is 96.7 Å². The molecule has 0 radical (unpaired) electrons. The molecule has 5 atom stereocenters. The largest absolute Gasteiger partial charge is 0.472 e. The molecule has 19 heteroatoms. The van der Waals surface area contributed by atoms with Crippen molar-refractivity contribution in [2.75, 3.05) is 39.6 Å². The second-order valence-electron chi connectivity index (χ2n) is 25.7. The van der Waals surface area contributed by atoms with Gasteiger partial charge in [0.25, 0.3) is 0 Å². The lowest BCUT2D eigenvalue weighted by atomic mass is 10.0. The molecule has 0 aromatic carbocycles. The first-order chi connectivity index (χ1) is 43.0. The van der Waals surface area contributed by atoms with Gasteiger partial charge in [0.1, 0.15) is 19.3 Å². The van der Waals surface area contributed by atoms with Crippen LogP contribution in [0.15, 0.2) is 0 Å². The van der Waals surface area contributed by atoms with Crippen LogP contribution in [0.1, 0.15) is 362 Å². The second kappa shape index (κ2) is 63.5. The fraction of sp³-hybridized carbons (Fsp3) is 0.943. The number of carbonyl (C=O) groups excluding carboxylic acids is 4. The first-order valence-corrected chi connectivity index (χ1v) is 39.6. The van der Waals surface area contributed by atoms with Crippen molar-refractivity contribution in [2.24, 2.45) is 5.92 Å². The van der Waals surface area contributed by atoms with Crippen LogP contribution in [0, 0.1) is 5.92 Å². The molecule has 0 bridgehead atoms. The number of rotatable bonds is 70. The van der Waals surface area contributed by atoms with E-state index in [-0.39, 0.29) is 25.7 Å². The molecule has 0 heterocycles. The smallest absolute Gasteiger partial charge is 0.462 e. The first-order valence-electron chi connectivity index (χ1n) is 36.6. The van der Waals surface area contributed by atoms with Crippen LogP contribution in [0.25, 0.3) is 0 Å². The number of aliphatic hydroxyl groups excluding tert-OH is 1. The quantitative estimate of drug-likeness (QED) is 0.0222. The Labute approximate surface area is 543 Å². The summed E-state index contributed by atoms with van der Waals surface area (Å²) in [6, 6.07) is 0. The highest BCUT2D eigenvalue weighted by Gasteiger charge is 2.30. The Kier molecular flexibility index (Phi) is 62.1. The second-order valence-corrected chi connectivity index (χ2v) is 28.7. The molecule has 0 rings (SSSR count). The van der Waals surface area contributed by atoms with Gasteiger partial charge in [0.2, 0.25) is 0 Å². The van der Waals surface area contributed by atoms with Gasteiger partial charge in [0.15, 0.2) is 12.2 Å². The van der Waals surface area contributed by atoms with E-state index in [1.165, 1.54) is 180 Å². The summed E-state index contributed by atoms with van der Waals surface area (Å²) in [6.07, 6.45) is 50.2. The fourth-order valence-corrected chi connectivity index (χ4v) is 12.2. The maximum absolute atomic E-state index is 13.0. The number of phosphoric acid groups is 2. The highest BCUT2D eigenvalue weighted by Crippen LogP contribution is 2.45. The number of aliphatic hydroxyl groups is 1. The summed E-state index contributed by atoms with van der Waals surface area (Å²) in [5, 5.41) is 10.6. The average molecular weight is 1310 g/mol. The van der Waals surface area contributed by atoms with Gasteiger partial charge in [-0.2, -0.15) is 0 Å². The summed E-state index contributed by atoms with van der Waals surface area (Å²) in [6.45, 7) is 7.15. The Morgan fingerprint density at radius 2 is 0.517 bits per heavy atom. The van der Waals surface area contributed by atoms with Gasteiger partial charge < -0.3 is 33.8 Å². The van der Waals surface area contributed by atoms with E-state index < -0.39 is 97.5 Å². The van der Waals surface area contributed by atoms with Crippen LogP contribution in [-0.2, 0) is 65.4 Å². The maximum Gasteiger partial charge on any atom is 0.472 e. The van der Waals surface area contributed by atoms with Gasteiger partial charge in [-0.05, 0) is 31.6 Å². The normalized spacial score (nSPS) is 14.1. The lowest BCUT2D eigenvalue weighted by Crippen LogP contribution is -2.30. The van der Waals surface area contributed by atoms with Crippen molar-refractivity contribution in [3.8, 4) is 0 Å². The van der Waals surface area contributed by atoms with Crippen LogP contribution < -0.4 is 0 Å². The van der Waals surface area contributed by atoms with E-state index in [1.54, 1.807) is 0 Å². The van der Waals surface area contributed by atoms with Gasteiger partial charge in [0.05, 0.1) is 26.4 Å². The van der Waals surface area contributed by atoms with Gasteiger partial charge in [-0.1, -0.05) is 311 Å². The minimum absolute atomic E-state index is 0.104. The molecule has 0 fully saturated rings. The van der Waals surface area contributed by atoms with Gasteiger partial charge in [-0.15, -0.1) is 0 Å². The Morgan fingerprint density at radius 1 is 0.303 bits per heavy atom. The van der Waals surface area contributed by atoms with Crippen molar-refractivity contribution in [3.63, 3.8) is 0 Å². The van der Waals surface area contributed by atoms with Gasteiger partial charge in [-0.3, -0.25) is 37.3 Å². The lowest BCUT2D eigenvalue weighted by Gasteiger charge is -2.21. The third kappa shape index (κ3) is 64.6. The zero-order valence-corrected chi connectivity index (χ0v) is 59.4. The molecular weight excluding hydrogens is 1170 g/mol. The van der Waals surface area contributed by atoms with Crippen LogP contribution in [0.4, 0.5) is 0 Å². The minimum atomic E-state index is -4.95. The first kappa shape index (κ1) is 87.1. The van der Waals surface area contributed by atoms with E-state index in [1.807, 2.05) is 0 Å². The minimum Gasteiger partial charge on any atom is -0.462 e. The molecule has 89 heavy (non-hydrogen) atoms. The number of esters is 4. The molecule has 0 amide bonds. The number of hydrogen-bond acceptors (Lipinski definition) is 15. The highest BCUT2D eigenvalue weighted by atomic mass is 31.2. The fourth-order valence-electron chi connectivity index (χ4n) is 10.6. The summed E-state index contributed by atoms with van der Waals surface area (Å²) in [7, 11) is -9.89. The van der Waals surface area contributed by atoms with Crippen LogP contribution in [0.5, 0.6) is 0 Å². The summed E-state index contributed by atoms with van der Waals surface area (Å²) < 4.78 is 68.1. The van der Waals surface area contributed by atoms with E-state index in [2.05, 4.69) is 34.6 Å². The van der Waals surface area contributed by atoms with E-state index in [0.29, 0.717) is 31.6 Å². The lowest BCUT2D eigenvalue weighted by molar-refractivity contribution is -0.161. The molecule has 0 aliphatic carbocycles. The number of carbonyl (C=O) groups is 4. The molecule has 3 N–H and O–H groups in total. The summed E-state index contributed by atoms with van der Waals surface area (Å²) in [4.78, 5) is 72.4. The van der Waals surface area contributed by atoms with Gasteiger partial charge in [-0.25, -0.2) is 9.13 Å². The Hall–Kier alpha value is -1.94. The molecule has 528 valence electrons. The Bertz CT molecular complexity index is 1720. The van der Waals surface area contributed by atoms with Crippen molar-refractivity contribution >= 4 is 39.5 Å². The molecule has 0 aliphatic heterocycles. The molecule has 0 saturated heterocycles. The van der Waals surface area contributed by atoms with Crippen molar-refractivity contribution in [1.29, 1.82) is 0 Å². The third-order valence-electron chi connectivity index (χ3n) is 16.3. The standard InChI is InChI=1S/C70H136O17P2/c1-6-9-12-15-18-21-23-24-25-26-27-28-29-30-31-33-35-40-45-50-55-69(74)86-65(60-81-68(73)54-49-44-39-34-32-22-19-16-13-10-7-2)61-84-88(76,77)82-57-64(71)58-83-89(78,79)85-62-66(59-80-67(72)53-48-43-38-20-17-14-11-8-3)87-70(75)56-51-46-41-36-37-42-47-52-63(4)5/h63-66,71H,6-62H2,1-5H3,(H,76,77)(H,78,79)/t64-,65-,66-/m1/s1. The van der Waals surface area contributed by atoms with Crippen molar-refractivity contribution in [2.45, 2.75) is 380 Å². The molecule has 2 unspecified atom stereocenters. The van der Waals surface area contributed by atoms with Crippen molar-refractivity contribution in [3.05, 3.63) is 0 Å². The predicted molar refractivity (Wildman–Crippen MR) is 358 cm³/mol. The van der Waals surface area contributed by atoms with Crippen LogP contribution in [0.2, 0.25) is 0 Å². The van der Waals surface area contributed by atoms with Crippen LogP contribution >= 0.6 is 15.6 Å². The molecule has 0 aromatic heterocycles. The third-order valence-corrected chi connectivity index (χ3v) is 18.2. The zero-order valence-electron chi connectivity index (χ0n) is 57.6. The number of unbranched alkanes of at least 4 members (excludes halogenated alkanes) is 42. The zero-order chi connectivity index (χ0) is 65.6. The molecule has 0 spiro atoms. The maximum atomic E-state index is 13.0. The monoisotopic (exact) mass is 1310 g/mol. The highest BCUT2D eigenvalue weighted by molar-refractivity contribution is 7.47. The van der Waals surface area contributed by atoms with Gasteiger partial charge >= 0.3 is 39.5 Å². The van der Waals surface area contributed by atoms with Crippen molar-refractivity contribution < 1.29 is 80.2 Å². The SMILES string of the molecule is CCCCCCCCCCCCCCCCCCCCCCC(=O)O[C@H](COC(=O)CCCCCCCCCCCCC)COP(=O)(O)OC[C@@H](O)COP(=O)(O)OC[C@@H](COC(=O)CCCCCCCCCC)OC(=O)CCCCCCCCCC(C)C. The van der Waals surface area contributed by atoms with Crippen molar-refractivity contribution in [1.82, 2.24) is 0 Å². The van der Waals surface area contributed by atoms with Gasteiger partial charge in [0, 0.05) is 25.7 Å². The average Bonchev–Trinajstić information content (AvgIpc) is 3.63. The number of ether oxygens (including phenoxy) is 4. The Morgan fingerprint density at radius 3 is 0.764 bits per heavy atom. The molecule has 0 aliphatic rings. The summed E-state index contributed by atoms with van der Waals surface area (Å²) >= 11 is 0. The van der Waals surface area contributed by atoms with E-state index >= 15 is 0 Å². The topological polar surface area (TPSA) is 237 Å². The molecular formula is C70H136O17P2. The number of hydrogen-bond donors (Lipinski definition) is 3. The van der Waals surface area contributed by atoms with E-state index in [9.17, 15) is 43.2 Å². The molecule has 0 aromatic rings. The van der Waals surface area contributed by atoms with E-state index in [0.717, 1.165) is 96.3 Å². The van der Waals surface area contributed by atoms with E-state index in [4.69, 9.17) is 37.0 Å². The Balaban J connectivity index is 5.15. The summed E-state index contributed by atoms with van der Waals surface area (Å²) in [5.41, 5.74) is 0. The summed E-state index contributed by atoms with van der Waals surface area (Å²) in [5.74, 6) is -1.43. The van der Waals surface area contributed by atoms with Crippen LogP contribution in [0.3, 0.4) is 0 Å².